The Morgan fingerprint density at radius 1 is 0.782 bits per heavy atom. The van der Waals surface area contributed by atoms with Crippen LogP contribution in [0.2, 0.25) is 0 Å². The fraction of sp³-hybridized carbons (Fsp3) is 0.661. The summed E-state index contributed by atoms with van der Waals surface area (Å²) in [6.45, 7) is 13.0. The second-order valence-corrected chi connectivity index (χ2v) is 23.1. The molecule has 0 saturated carbocycles. The fourth-order valence-electron chi connectivity index (χ4n) is 11.7. The lowest BCUT2D eigenvalue weighted by atomic mass is 9.88. The summed E-state index contributed by atoms with van der Waals surface area (Å²) in [4.78, 5) is 99.0. The van der Waals surface area contributed by atoms with E-state index in [-0.39, 0.29) is 92.0 Å². The van der Waals surface area contributed by atoms with Crippen molar-refractivity contribution in [2.45, 2.75) is 178 Å². The first-order valence-electron chi connectivity index (χ1n) is 31.2. The molecule has 4 fully saturated rings. The highest BCUT2D eigenvalue weighted by Crippen LogP contribution is 2.35. The first-order valence-corrected chi connectivity index (χ1v) is 31.2. The Labute approximate surface area is 512 Å². The second kappa shape index (κ2) is 36.8. The number of rotatable bonds is 36. The summed E-state index contributed by atoms with van der Waals surface area (Å²) in [6.07, 6.45) is 14.3. The van der Waals surface area contributed by atoms with E-state index in [1.165, 1.54) is 0 Å². The number of benzene rings is 1. The largest absolute Gasteiger partial charge is 0.396 e. The van der Waals surface area contributed by atoms with E-state index in [4.69, 9.17) is 14.2 Å². The molecule has 6 rings (SSSR count). The van der Waals surface area contributed by atoms with Crippen molar-refractivity contribution in [3.05, 3.63) is 84.2 Å². The number of ether oxygens (including phenoxy) is 3. The third-order valence-corrected chi connectivity index (χ3v) is 17.1. The van der Waals surface area contributed by atoms with E-state index in [2.05, 4.69) is 59.4 Å². The predicted molar refractivity (Wildman–Crippen MR) is 326 cm³/mol. The van der Waals surface area contributed by atoms with Crippen molar-refractivity contribution >= 4 is 41.4 Å². The van der Waals surface area contributed by atoms with Crippen molar-refractivity contribution in [2.75, 3.05) is 73.4 Å². The standard InChI is InChI=1S/C62H97N13O12/c1-7-8-10-15-41(2)55(69-60(82)52-26-23-48-22-19-46(40-76)50(36-54(78)74(48)52)68-57(79)42(3)63-5)61(83)65-28-13-30-85-32-34-87-35-33-86-31-14-29-73-39-47(71-72-73)20-27-53(77)66-38-45-18-21-49-24-25-51(59(81)67-37-44-16-11-9-12-17-44)75(49)62(84)56(45)70-58(80)43(4)64-6/h7-12,15-17,39,42-43,45-46,48-52,55-57,63-64,68,76,79H,2,13-14,18-38,40H2,1,3-6H3,(H,65,83)(H,66,77)(H,67,81)(H,69,82)(H,70,80)/b8-7-,15-10-/t42-,43-,45+,46+,48-,49-,50+,51-,52-,55-,56-,57?/m0/s1. The van der Waals surface area contributed by atoms with E-state index < -0.39 is 54.3 Å². The molecule has 4 aliphatic rings. The normalized spacial score (nSPS) is 23.7. The van der Waals surface area contributed by atoms with Crippen LogP contribution in [0, 0.1) is 11.8 Å². The number of allylic oxidation sites excluding steroid dienone is 3. The molecule has 5 heterocycles. The van der Waals surface area contributed by atoms with E-state index >= 15 is 0 Å². The number of nitrogens with one attached hydrogen (secondary N) is 8. The van der Waals surface area contributed by atoms with Gasteiger partial charge in [0.2, 0.25) is 41.4 Å². The Morgan fingerprint density at radius 3 is 2.11 bits per heavy atom. The number of amides is 7. The number of nitrogens with zero attached hydrogens (tertiary/aromatic N) is 5. The average Bonchev–Trinajstić information content (AvgIpc) is 2.62. The van der Waals surface area contributed by atoms with Crippen LogP contribution in [0.15, 0.2) is 73.0 Å². The lowest BCUT2D eigenvalue weighted by molar-refractivity contribution is -0.143. The number of fused-ring (bicyclic) bond motifs is 2. The van der Waals surface area contributed by atoms with Crippen LogP contribution in [0.25, 0.3) is 0 Å². The van der Waals surface area contributed by atoms with Crippen LogP contribution in [-0.4, -0.2) is 210 Å². The van der Waals surface area contributed by atoms with Crippen LogP contribution >= 0.6 is 0 Å². The fourth-order valence-corrected chi connectivity index (χ4v) is 11.7. The summed E-state index contributed by atoms with van der Waals surface area (Å²) in [5.41, 5.74) is 1.99. The molecule has 0 bridgehead atoms. The molecule has 7 amide bonds. The number of carbonyl (C=O) groups is 7. The molecule has 0 aliphatic carbocycles. The Bertz CT molecular complexity index is 2590. The minimum absolute atomic E-state index is 0.00111. The Kier molecular flexibility index (Phi) is 29.4. The van der Waals surface area contributed by atoms with Gasteiger partial charge in [-0.1, -0.05) is 66.4 Å². The van der Waals surface area contributed by atoms with Gasteiger partial charge >= 0.3 is 0 Å². The van der Waals surface area contributed by atoms with Crippen LogP contribution in [0.3, 0.4) is 0 Å². The van der Waals surface area contributed by atoms with Crippen molar-refractivity contribution in [1.29, 1.82) is 0 Å². The maximum Gasteiger partial charge on any atom is 0.247 e. The van der Waals surface area contributed by atoms with Crippen LogP contribution in [0.5, 0.6) is 0 Å². The Hall–Kier alpha value is -6.45. The average molecular weight is 1220 g/mol. The molecule has 0 radical (unpaired) electrons. The minimum atomic E-state index is -1.09. The summed E-state index contributed by atoms with van der Waals surface area (Å²) in [6, 6.07) is 4.45. The van der Waals surface area contributed by atoms with Crippen LogP contribution in [0.1, 0.15) is 109 Å². The molecule has 4 aliphatic heterocycles. The third-order valence-electron chi connectivity index (χ3n) is 17.1. The molecule has 0 spiro atoms. The zero-order valence-electron chi connectivity index (χ0n) is 51.6. The first-order chi connectivity index (χ1) is 42.1. The van der Waals surface area contributed by atoms with E-state index in [1.807, 2.05) is 50.3 Å². The summed E-state index contributed by atoms with van der Waals surface area (Å²) < 4.78 is 18.8. The van der Waals surface area contributed by atoms with E-state index in [0.717, 1.165) is 5.56 Å². The van der Waals surface area contributed by atoms with Gasteiger partial charge in [0.05, 0.1) is 38.2 Å². The van der Waals surface area contributed by atoms with Gasteiger partial charge in [0.1, 0.15) is 30.4 Å². The first kappa shape index (κ1) is 69.6. The quantitative estimate of drug-likeness (QED) is 0.0255. The van der Waals surface area contributed by atoms with Gasteiger partial charge < -0.3 is 71.4 Å². The number of likely N-dealkylation sites (N-methyl/N-ethyl adjacent to an activating group) is 2. The van der Waals surface area contributed by atoms with Gasteiger partial charge in [-0.15, -0.1) is 5.10 Å². The van der Waals surface area contributed by atoms with Crippen molar-refractivity contribution in [1.82, 2.24) is 67.3 Å². The molecule has 87 heavy (non-hydrogen) atoms. The van der Waals surface area contributed by atoms with Crippen LogP contribution in [0.4, 0.5) is 0 Å². The monoisotopic (exact) mass is 1220 g/mol. The summed E-state index contributed by atoms with van der Waals surface area (Å²) in [5.74, 6) is -2.85. The summed E-state index contributed by atoms with van der Waals surface area (Å²) in [7, 11) is 3.39. The molecular formula is C62H97N13O12. The smallest absolute Gasteiger partial charge is 0.247 e. The Balaban J connectivity index is 0.828. The van der Waals surface area contributed by atoms with Crippen molar-refractivity contribution in [3.63, 3.8) is 0 Å². The van der Waals surface area contributed by atoms with E-state index in [1.54, 1.807) is 59.9 Å². The highest BCUT2D eigenvalue weighted by Gasteiger charge is 2.48. The molecule has 1 aromatic heterocycles. The van der Waals surface area contributed by atoms with Crippen LogP contribution in [-0.2, 0) is 67.3 Å². The molecule has 12 atom stereocenters. The number of hydrogen-bond donors (Lipinski definition) is 10. The lowest BCUT2D eigenvalue weighted by Gasteiger charge is -2.38. The van der Waals surface area contributed by atoms with Gasteiger partial charge in [0.15, 0.2) is 0 Å². The van der Waals surface area contributed by atoms with Gasteiger partial charge in [-0.25, -0.2) is 0 Å². The molecule has 1 unspecified atom stereocenters. The van der Waals surface area contributed by atoms with Gasteiger partial charge in [0, 0.05) is 102 Å². The minimum Gasteiger partial charge on any atom is -0.396 e. The number of hydrogen-bond acceptors (Lipinski definition) is 17. The summed E-state index contributed by atoms with van der Waals surface area (Å²) >= 11 is 0. The van der Waals surface area contributed by atoms with E-state index in [9.17, 15) is 43.8 Å². The SMILES string of the molecule is C=C(/C=C\C=C/C)[C@H](NC(=O)[C@@H]1CC[C@@H]2CC[C@H](CO)[C@H](NC(O)[C@H](C)NC)CC(=O)N21)C(=O)NCCCOCCOCCOCCCn1cc(CCC(=O)NC[C@H]2CC[C@H]3CC[C@@H](C(=O)NCc4ccccc4)N3C(=O)[C@H]2NC(=O)[C@H](C)NC)nn1. The maximum absolute atomic E-state index is 14.3. The maximum atomic E-state index is 14.3. The molecule has 25 nitrogen and oxygen atoms in total. The van der Waals surface area contributed by atoms with Crippen LogP contribution < -0.4 is 42.5 Å². The van der Waals surface area contributed by atoms with Crippen molar-refractivity contribution in [2.24, 2.45) is 11.8 Å². The third kappa shape index (κ3) is 21.4. The molecule has 10 N–H and O–H groups in total. The zero-order chi connectivity index (χ0) is 62.7. The number of carbonyl (C=O) groups excluding carboxylic acids is 7. The molecule has 2 aromatic rings. The highest BCUT2D eigenvalue weighted by atomic mass is 16.5. The zero-order valence-corrected chi connectivity index (χ0v) is 51.6. The van der Waals surface area contributed by atoms with Crippen molar-refractivity contribution in [3.8, 4) is 0 Å². The molecule has 25 heteroatoms. The molecular weight excluding hydrogens is 1120 g/mol. The van der Waals surface area contributed by atoms with E-state index in [0.29, 0.717) is 135 Å². The Morgan fingerprint density at radius 2 is 1.44 bits per heavy atom. The number of aromatic nitrogens is 3. The van der Waals surface area contributed by atoms with Crippen molar-refractivity contribution < 1.29 is 58.0 Å². The molecule has 4 saturated heterocycles. The number of aryl methyl sites for hydroxylation is 2. The second-order valence-electron chi connectivity index (χ2n) is 23.1. The topological polar surface area (TPSA) is 321 Å². The lowest BCUT2D eigenvalue weighted by Crippen LogP contribution is -2.58. The summed E-state index contributed by atoms with van der Waals surface area (Å²) in [5, 5.41) is 53.1. The molecule has 482 valence electrons. The highest BCUT2D eigenvalue weighted by molar-refractivity contribution is 5.95. The van der Waals surface area contributed by atoms with Gasteiger partial charge in [-0.2, -0.15) is 0 Å². The molecule has 1 aromatic carbocycles. The number of aliphatic hydroxyl groups is 2. The number of aliphatic hydroxyl groups excluding tert-OH is 2. The van der Waals surface area contributed by atoms with Gasteiger partial charge in [-0.3, -0.25) is 43.6 Å². The van der Waals surface area contributed by atoms with Gasteiger partial charge in [-0.05, 0) is 116 Å². The predicted octanol–water partition coefficient (Wildman–Crippen LogP) is 0.662. The van der Waals surface area contributed by atoms with Gasteiger partial charge in [0.25, 0.3) is 0 Å².